The number of piperidine rings is 1. The Morgan fingerprint density at radius 3 is 3.13 bits per heavy atom. The lowest BCUT2D eigenvalue weighted by Crippen LogP contribution is -2.35. The highest BCUT2D eigenvalue weighted by Gasteiger charge is 2.34. The predicted molar refractivity (Wildman–Crippen MR) is 56.4 cm³/mol. The van der Waals surface area contributed by atoms with Crippen molar-refractivity contribution in [3.8, 4) is 0 Å². The molecule has 1 N–H and O–H groups in total. The van der Waals surface area contributed by atoms with Gasteiger partial charge < -0.3 is 10.2 Å². The lowest BCUT2D eigenvalue weighted by Gasteiger charge is -2.25. The molecule has 80 valence electrons. The Hall–Kier alpha value is -1.16. The van der Waals surface area contributed by atoms with Crippen LogP contribution >= 0.6 is 0 Å². The van der Waals surface area contributed by atoms with Crippen LogP contribution in [0.25, 0.3) is 0 Å². The first-order chi connectivity index (χ1) is 7.33. The van der Waals surface area contributed by atoms with Gasteiger partial charge in [0, 0.05) is 18.6 Å². The van der Waals surface area contributed by atoms with Crippen LogP contribution in [0, 0.1) is 5.95 Å². The molecule has 2 saturated heterocycles. The molecule has 0 saturated carbocycles. The van der Waals surface area contributed by atoms with Gasteiger partial charge in [-0.05, 0) is 31.5 Å². The number of fused-ring (bicyclic) bond motifs is 2. The number of halogens is 1. The number of hydrogen-bond acceptors (Lipinski definition) is 3. The summed E-state index contributed by atoms with van der Waals surface area (Å²) in [5.41, 5.74) is 1.05. The second kappa shape index (κ2) is 3.45. The number of hydrogen-bond donors (Lipinski definition) is 1. The van der Waals surface area contributed by atoms with Crippen LogP contribution in [0.5, 0.6) is 0 Å². The Bertz CT molecular complexity index is 351. The number of pyridine rings is 1. The first-order valence-corrected chi connectivity index (χ1v) is 5.44. The second-order valence-electron chi connectivity index (χ2n) is 4.32. The molecule has 2 aliphatic rings. The zero-order chi connectivity index (χ0) is 10.3. The summed E-state index contributed by atoms with van der Waals surface area (Å²) < 4.78 is 12.7. The predicted octanol–water partition coefficient (Wildman–Crippen LogP) is 1.16. The minimum atomic E-state index is -0.404. The molecule has 3 heterocycles. The maximum Gasteiger partial charge on any atom is 0.212 e. The molecular formula is C11H14FN3. The average Bonchev–Trinajstić information content (AvgIpc) is 2.55. The Balaban J connectivity index is 1.85. The zero-order valence-corrected chi connectivity index (χ0v) is 8.49. The normalized spacial score (nSPS) is 29.5. The highest BCUT2D eigenvalue weighted by atomic mass is 19.1. The van der Waals surface area contributed by atoms with Crippen molar-refractivity contribution in [2.24, 2.45) is 0 Å². The lowest BCUT2D eigenvalue weighted by molar-refractivity contribution is 0.449. The summed E-state index contributed by atoms with van der Waals surface area (Å²) in [5, 5.41) is 3.49. The zero-order valence-electron chi connectivity index (χ0n) is 8.49. The minimum absolute atomic E-state index is 0.404. The lowest BCUT2D eigenvalue weighted by atomic mass is 10.1. The number of nitrogens with one attached hydrogen (secondary N) is 1. The molecule has 2 fully saturated rings. The highest BCUT2D eigenvalue weighted by molar-refractivity contribution is 5.47. The number of nitrogens with zero attached hydrogens (tertiary/aromatic N) is 2. The maximum atomic E-state index is 12.7. The number of aromatic nitrogens is 1. The van der Waals surface area contributed by atoms with Gasteiger partial charge in [0.15, 0.2) is 0 Å². The summed E-state index contributed by atoms with van der Waals surface area (Å²) in [7, 11) is 0. The summed E-state index contributed by atoms with van der Waals surface area (Å²) >= 11 is 0. The Kier molecular flexibility index (Phi) is 2.09. The van der Waals surface area contributed by atoms with Gasteiger partial charge in [0.2, 0.25) is 5.95 Å². The van der Waals surface area contributed by atoms with Crippen molar-refractivity contribution in [3.05, 3.63) is 24.3 Å². The van der Waals surface area contributed by atoms with E-state index in [-0.39, 0.29) is 0 Å². The molecule has 1 aromatic rings. The molecule has 2 atom stereocenters. The fourth-order valence-electron chi connectivity index (χ4n) is 2.65. The van der Waals surface area contributed by atoms with Gasteiger partial charge in [-0.3, -0.25) is 0 Å². The second-order valence-corrected chi connectivity index (χ2v) is 4.32. The molecule has 0 aromatic carbocycles. The number of rotatable bonds is 1. The van der Waals surface area contributed by atoms with E-state index in [0.29, 0.717) is 12.1 Å². The summed E-state index contributed by atoms with van der Waals surface area (Å²) in [6, 6.07) is 4.48. The molecule has 0 unspecified atom stereocenters. The van der Waals surface area contributed by atoms with E-state index in [1.54, 1.807) is 6.20 Å². The van der Waals surface area contributed by atoms with Crippen molar-refractivity contribution in [2.75, 3.05) is 18.0 Å². The van der Waals surface area contributed by atoms with Crippen LogP contribution in [0.4, 0.5) is 10.1 Å². The molecule has 2 aliphatic heterocycles. The molecule has 3 rings (SSSR count). The largest absolute Gasteiger partial charge is 0.366 e. The van der Waals surface area contributed by atoms with Crippen LogP contribution in [0.3, 0.4) is 0 Å². The van der Waals surface area contributed by atoms with Gasteiger partial charge in [0.25, 0.3) is 0 Å². The highest BCUT2D eigenvalue weighted by Crippen LogP contribution is 2.29. The van der Waals surface area contributed by atoms with Gasteiger partial charge in [-0.1, -0.05) is 0 Å². The van der Waals surface area contributed by atoms with Crippen LogP contribution in [-0.4, -0.2) is 30.2 Å². The van der Waals surface area contributed by atoms with Crippen LogP contribution in [0.15, 0.2) is 18.3 Å². The van der Waals surface area contributed by atoms with E-state index in [2.05, 4.69) is 15.2 Å². The topological polar surface area (TPSA) is 28.2 Å². The van der Waals surface area contributed by atoms with Gasteiger partial charge in [-0.15, -0.1) is 0 Å². The standard InChI is InChI=1S/C11H14FN3/c12-11-2-1-10(6-14-11)15-7-8-5-9(15)3-4-13-8/h1-2,6,8-9,13H,3-5,7H2/t8-,9+/m0/s1. The van der Waals surface area contributed by atoms with Gasteiger partial charge >= 0.3 is 0 Å². The molecule has 1 aromatic heterocycles. The fraction of sp³-hybridized carbons (Fsp3) is 0.545. The Morgan fingerprint density at radius 2 is 2.40 bits per heavy atom. The van der Waals surface area contributed by atoms with E-state index >= 15 is 0 Å². The quantitative estimate of drug-likeness (QED) is 0.700. The van der Waals surface area contributed by atoms with E-state index in [9.17, 15) is 4.39 Å². The van der Waals surface area contributed by atoms with E-state index in [0.717, 1.165) is 18.8 Å². The summed E-state index contributed by atoms with van der Waals surface area (Å²) in [5.74, 6) is -0.404. The van der Waals surface area contributed by atoms with Crippen molar-refractivity contribution in [1.29, 1.82) is 0 Å². The SMILES string of the molecule is Fc1ccc(N2C[C@@H]3C[C@H]2CCN3)cn1. The van der Waals surface area contributed by atoms with E-state index < -0.39 is 5.95 Å². The molecular weight excluding hydrogens is 193 g/mol. The Labute approximate surface area is 88.3 Å². The van der Waals surface area contributed by atoms with Crippen molar-refractivity contribution in [3.63, 3.8) is 0 Å². The smallest absolute Gasteiger partial charge is 0.212 e. The molecule has 0 radical (unpaired) electrons. The molecule has 2 bridgehead atoms. The van der Waals surface area contributed by atoms with Crippen molar-refractivity contribution < 1.29 is 4.39 Å². The van der Waals surface area contributed by atoms with Crippen molar-refractivity contribution in [1.82, 2.24) is 10.3 Å². The third kappa shape index (κ3) is 1.59. The van der Waals surface area contributed by atoms with Crippen molar-refractivity contribution >= 4 is 5.69 Å². The van der Waals surface area contributed by atoms with Crippen LogP contribution < -0.4 is 10.2 Å². The van der Waals surface area contributed by atoms with Crippen LogP contribution in [0.2, 0.25) is 0 Å². The summed E-state index contributed by atoms with van der Waals surface area (Å²) in [4.78, 5) is 6.05. The summed E-state index contributed by atoms with van der Waals surface area (Å²) in [6.45, 7) is 2.12. The first-order valence-electron chi connectivity index (χ1n) is 5.44. The first kappa shape index (κ1) is 9.09. The fourth-order valence-corrected chi connectivity index (χ4v) is 2.65. The molecule has 3 nitrogen and oxygen atoms in total. The van der Waals surface area contributed by atoms with E-state index in [1.807, 2.05) is 6.07 Å². The third-order valence-electron chi connectivity index (χ3n) is 3.37. The average molecular weight is 207 g/mol. The van der Waals surface area contributed by atoms with Gasteiger partial charge in [-0.2, -0.15) is 4.39 Å². The van der Waals surface area contributed by atoms with Crippen molar-refractivity contribution in [2.45, 2.75) is 24.9 Å². The molecule has 15 heavy (non-hydrogen) atoms. The minimum Gasteiger partial charge on any atom is -0.366 e. The molecule has 0 spiro atoms. The molecule has 0 aliphatic carbocycles. The van der Waals surface area contributed by atoms with Gasteiger partial charge in [0.05, 0.1) is 11.9 Å². The Morgan fingerprint density at radius 1 is 1.47 bits per heavy atom. The van der Waals surface area contributed by atoms with Crippen LogP contribution in [-0.2, 0) is 0 Å². The number of anilines is 1. The van der Waals surface area contributed by atoms with E-state index in [4.69, 9.17) is 0 Å². The monoisotopic (exact) mass is 207 g/mol. The van der Waals surface area contributed by atoms with E-state index in [1.165, 1.54) is 18.9 Å². The van der Waals surface area contributed by atoms with Gasteiger partial charge in [-0.25, -0.2) is 4.98 Å². The van der Waals surface area contributed by atoms with Gasteiger partial charge in [0.1, 0.15) is 0 Å². The molecule has 4 heteroatoms. The van der Waals surface area contributed by atoms with Crippen LogP contribution in [0.1, 0.15) is 12.8 Å². The maximum absolute atomic E-state index is 12.7. The molecule has 0 amide bonds. The summed E-state index contributed by atoms with van der Waals surface area (Å²) in [6.07, 6.45) is 4.02. The third-order valence-corrected chi connectivity index (χ3v) is 3.37.